The van der Waals surface area contributed by atoms with Gasteiger partial charge in [-0.05, 0) is 49.2 Å². The van der Waals surface area contributed by atoms with Crippen molar-refractivity contribution < 1.29 is 14.0 Å². The van der Waals surface area contributed by atoms with Crippen LogP contribution in [0.15, 0.2) is 56.4 Å². The molecule has 1 aliphatic heterocycles. The van der Waals surface area contributed by atoms with Crippen molar-refractivity contribution in [3.63, 3.8) is 0 Å². The summed E-state index contributed by atoms with van der Waals surface area (Å²) in [5, 5.41) is 3.01. The molecule has 3 rings (SSSR count). The van der Waals surface area contributed by atoms with E-state index in [1.165, 1.54) is 11.2 Å². The second kappa shape index (κ2) is 9.28. The molecule has 2 aromatic rings. The molecule has 7 heteroatoms. The Bertz CT molecular complexity index is 726. The molecule has 0 radical (unpaired) electrons. The lowest BCUT2D eigenvalue weighted by molar-refractivity contribution is -0.126. The lowest BCUT2D eigenvalue weighted by Crippen LogP contribution is -2.43. The zero-order valence-corrected chi connectivity index (χ0v) is 16.7. The van der Waals surface area contributed by atoms with Crippen molar-refractivity contribution in [1.29, 1.82) is 0 Å². The molecule has 1 aromatic carbocycles. The minimum Gasteiger partial charge on any atom is -0.459 e. The minimum atomic E-state index is -0.0974. The van der Waals surface area contributed by atoms with Crippen molar-refractivity contribution in [2.24, 2.45) is 5.92 Å². The van der Waals surface area contributed by atoms with Crippen molar-refractivity contribution in [2.45, 2.75) is 17.7 Å². The minimum absolute atomic E-state index is 0.0201. The molecule has 2 amide bonds. The number of nitrogens with zero attached hydrogens (tertiary/aromatic N) is 1. The van der Waals surface area contributed by atoms with Crippen molar-refractivity contribution in [3.05, 3.63) is 52.9 Å². The van der Waals surface area contributed by atoms with E-state index in [4.69, 9.17) is 4.42 Å². The molecule has 0 saturated carbocycles. The summed E-state index contributed by atoms with van der Waals surface area (Å²) in [5.74, 6) is 1.17. The molecule has 2 heterocycles. The molecule has 0 atom stereocenters. The normalized spacial score (nSPS) is 15.0. The van der Waals surface area contributed by atoms with Crippen molar-refractivity contribution in [1.82, 2.24) is 10.2 Å². The van der Waals surface area contributed by atoms with Crippen molar-refractivity contribution in [3.8, 4) is 0 Å². The standard InChI is InChI=1S/C19H21BrN2O3S/c20-15-3-5-16(6-4-15)26-13-9-21-18(23)14-7-10-22(11-8-14)19(24)17-2-1-12-25-17/h1-6,12,14H,7-11,13H2,(H,21,23). The summed E-state index contributed by atoms with van der Waals surface area (Å²) in [7, 11) is 0. The highest BCUT2D eigenvalue weighted by Gasteiger charge is 2.28. The van der Waals surface area contributed by atoms with Gasteiger partial charge in [0.15, 0.2) is 5.76 Å². The van der Waals surface area contributed by atoms with E-state index >= 15 is 0 Å². The summed E-state index contributed by atoms with van der Waals surface area (Å²) >= 11 is 5.14. The van der Waals surface area contributed by atoms with Crippen LogP contribution in [0.2, 0.25) is 0 Å². The summed E-state index contributed by atoms with van der Waals surface area (Å²) in [4.78, 5) is 27.5. The average molecular weight is 437 g/mol. The smallest absolute Gasteiger partial charge is 0.289 e. The predicted molar refractivity (Wildman–Crippen MR) is 105 cm³/mol. The van der Waals surface area contributed by atoms with Gasteiger partial charge in [0.2, 0.25) is 5.91 Å². The van der Waals surface area contributed by atoms with Crippen LogP contribution in [0, 0.1) is 5.92 Å². The van der Waals surface area contributed by atoms with E-state index in [9.17, 15) is 9.59 Å². The lowest BCUT2D eigenvalue weighted by atomic mass is 9.96. The van der Waals surface area contributed by atoms with Crippen molar-refractivity contribution >= 4 is 39.5 Å². The highest BCUT2D eigenvalue weighted by atomic mass is 79.9. The highest BCUT2D eigenvalue weighted by Crippen LogP contribution is 2.21. The SMILES string of the molecule is O=C(NCCSc1ccc(Br)cc1)C1CCN(C(=O)c2ccco2)CC1. The van der Waals surface area contributed by atoms with Crippen LogP contribution in [0.3, 0.4) is 0 Å². The first-order valence-corrected chi connectivity index (χ1v) is 10.4. The van der Waals surface area contributed by atoms with Crippen LogP contribution >= 0.6 is 27.7 Å². The lowest BCUT2D eigenvalue weighted by Gasteiger charge is -2.30. The second-order valence-electron chi connectivity index (χ2n) is 6.14. The Kier molecular flexibility index (Phi) is 6.80. The molecule has 26 heavy (non-hydrogen) atoms. The number of amides is 2. The fraction of sp³-hybridized carbons (Fsp3) is 0.368. The van der Waals surface area contributed by atoms with E-state index in [1.54, 1.807) is 28.8 Å². The first kappa shape index (κ1) is 19.0. The summed E-state index contributed by atoms with van der Waals surface area (Å²) in [6.07, 6.45) is 2.88. The summed E-state index contributed by atoms with van der Waals surface area (Å²) in [5.41, 5.74) is 0. The Hall–Kier alpha value is -1.73. The van der Waals surface area contributed by atoms with Gasteiger partial charge in [0.05, 0.1) is 6.26 Å². The van der Waals surface area contributed by atoms with Crippen molar-refractivity contribution in [2.75, 3.05) is 25.4 Å². The number of carbonyl (C=O) groups is 2. The largest absolute Gasteiger partial charge is 0.459 e. The Labute approximate surface area is 165 Å². The number of hydrogen-bond acceptors (Lipinski definition) is 4. The van der Waals surface area contributed by atoms with E-state index in [-0.39, 0.29) is 17.7 Å². The Morgan fingerprint density at radius 3 is 2.58 bits per heavy atom. The maximum Gasteiger partial charge on any atom is 0.289 e. The number of furan rings is 1. The molecular weight excluding hydrogens is 416 g/mol. The van der Waals surface area contributed by atoms with Gasteiger partial charge >= 0.3 is 0 Å². The molecule has 0 bridgehead atoms. The first-order valence-electron chi connectivity index (χ1n) is 8.62. The van der Waals surface area contributed by atoms with Crippen LogP contribution < -0.4 is 5.32 Å². The number of piperidine rings is 1. The van der Waals surface area contributed by atoms with Crippen LogP contribution in [-0.2, 0) is 4.79 Å². The number of likely N-dealkylation sites (tertiary alicyclic amines) is 1. The van der Waals surface area contributed by atoms with E-state index in [2.05, 4.69) is 33.4 Å². The molecule has 1 aliphatic rings. The Morgan fingerprint density at radius 2 is 1.92 bits per heavy atom. The molecule has 0 aliphatic carbocycles. The fourth-order valence-corrected chi connectivity index (χ4v) is 3.95. The van der Waals surface area contributed by atoms with E-state index < -0.39 is 0 Å². The van der Waals surface area contributed by atoms with Gasteiger partial charge in [-0.3, -0.25) is 9.59 Å². The van der Waals surface area contributed by atoms with Gasteiger partial charge < -0.3 is 14.6 Å². The predicted octanol–water partition coefficient (Wildman–Crippen LogP) is 3.80. The number of benzene rings is 1. The van der Waals surface area contributed by atoms with Gasteiger partial charge in [0, 0.05) is 40.7 Å². The Morgan fingerprint density at radius 1 is 1.19 bits per heavy atom. The molecule has 0 spiro atoms. The highest BCUT2D eigenvalue weighted by molar-refractivity contribution is 9.10. The van der Waals surface area contributed by atoms with Gasteiger partial charge in [0.25, 0.3) is 5.91 Å². The maximum absolute atomic E-state index is 12.3. The maximum atomic E-state index is 12.3. The number of nitrogens with one attached hydrogen (secondary N) is 1. The molecule has 1 N–H and O–H groups in total. The third kappa shape index (κ3) is 5.14. The number of carbonyl (C=O) groups excluding carboxylic acids is 2. The average Bonchev–Trinajstić information content (AvgIpc) is 3.21. The van der Waals surface area contributed by atoms with Crippen LogP contribution in [0.4, 0.5) is 0 Å². The Balaban J connectivity index is 1.36. The molecule has 1 saturated heterocycles. The zero-order chi connectivity index (χ0) is 18.4. The molecule has 1 aromatic heterocycles. The molecule has 138 valence electrons. The number of hydrogen-bond donors (Lipinski definition) is 1. The van der Waals surface area contributed by atoms with E-state index in [0.717, 1.165) is 10.2 Å². The van der Waals surface area contributed by atoms with Gasteiger partial charge in [-0.2, -0.15) is 0 Å². The second-order valence-corrected chi connectivity index (χ2v) is 8.22. The quantitative estimate of drug-likeness (QED) is 0.552. The van der Waals surface area contributed by atoms with Crippen LogP contribution in [0.1, 0.15) is 23.4 Å². The van der Waals surface area contributed by atoms with Gasteiger partial charge in [-0.25, -0.2) is 0 Å². The number of halogens is 1. The fourth-order valence-electron chi connectivity index (χ4n) is 2.92. The number of thioether (sulfide) groups is 1. The van der Waals surface area contributed by atoms with Gasteiger partial charge in [-0.1, -0.05) is 15.9 Å². The summed E-state index contributed by atoms with van der Waals surface area (Å²) in [6, 6.07) is 11.5. The molecule has 5 nitrogen and oxygen atoms in total. The van der Waals surface area contributed by atoms with Gasteiger partial charge in [-0.15, -0.1) is 11.8 Å². The van der Waals surface area contributed by atoms with Crippen LogP contribution in [0.25, 0.3) is 0 Å². The van der Waals surface area contributed by atoms with E-state index in [0.29, 0.717) is 38.2 Å². The summed E-state index contributed by atoms with van der Waals surface area (Å²) < 4.78 is 6.22. The number of rotatable bonds is 6. The van der Waals surface area contributed by atoms with E-state index in [1.807, 2.05) is 12.1 Å². The third-order valence-corrected chi connectivity index (χ3v) is 5.91. The zero-order valence-electron chi connectivity index (χ0n) is 14.3. The van der Waals surface area contributed by atoms with Gasteiger partial charge in [0.1, 0.15) is 0 Å². The molecular formula is C19H21BrN2O3S. The summed E-state index contributed by atoms with van der Waals surface area (Å²) in [6.45, 7) is 1.82. The van der Waals surface area contributed by atoms with Crippen LogP contribution in [0.5, 0.6) is 0 Å². The molecule has 1 fully saturated rings. The van der Waals surface area contributed by atoms with Crippen LogP contribution in [-0.4, -0.2) is 42.1 Å². The topological polar surface area (TPSA) is 62.6 Å². The third-order valence-electron chi connectivity index (χ3n) is 4.37. The molecule has 0 unspecified atom stereocenters. The monoisotopic (exact) mass is 436 g/mol. The first-order chi connectivity index (χ1) is 12.6.